The van der Waals surface area contributed by atoms with E-state index < -0.39 is 0 Å². The summed E-state index contributed by atoms with van der Waals surface area (Å²) < 4.78 is 0. The van der Waals surface area contributed by atoms with Gasteiger partial charge in [0.25, 0.3) is 0 Å². The molecule has 0 heterocycles. The third-order valence-corrected chi connectivity index (χ3v) is 7.50. The molecule has 0 fully saturated rings. The van der Waals surface area contributed by atoms with Crippen LogP contribution in [0.5, 0.6) is 0 Å². The maximum Gasteiger partial charge on any atom is -0.0297 e. The molecule has 0 bridgehead atoms. The van der Waals surface area contributed by atoms with E-state index in [0.717, 1.165) is 0 Å². The average Bonchev–Trinajstić information content (AvgIpc) is 2.74. The summed E-state index contributed by atoms with van der Waals surface area (Å²) in [6, 6.07) is 0. The molecule has 184 valence electrons. The van der Waals surface area contributed by atoms with Crippen molar-refractivity contribution in [1.82, 2.24) is 0 Å². The second kappa shape index (κ2) is 26.2. The lowest BCUT2D eigenvalue weighted by Gasteiger charge is -2.35. The van der Waals surface area contributed by atoms with Crippen molar-refractivity contribution in [2.45, 2.75) is 168 Å². The Morgan fingerprint density at radius 1 is 0.400 bits per heavy atom. The Morgan fingerprint density at radius 3 is 0.967 bits per heavy atom. The van der Waals surface area contributed by atoms with Gasteiger partial charge in [-0.3, -0.25) is 0 Å². The van der Waals surface area contributed by atoms with Crippen molar-refractivity contribution in [3.63, 3.8) is 0 Å². The Balaban J connectivity index is 0. The molecule has 0 radical (unpaired) electrons. The number of unbranched alkanes of at least 4 members (excludes halogenated alkanes) is 15. The van der Waals surface area contributed by atoms with Gasteiger partial charge < -0.3 is 0 Å². The first kappa shape index (κ1) is 33.1. The molecule has 0 N–H and O–H groups in total. The van der Waals surface area contributed by atoms with E-state index in [1.165, 1.54) is 154 Å². The molecule has 30 heavy (non-hydrogen) atoms. The molecule has 0 saturated carbocycles. The fourth-order valence-electron chi connectivity index (χ4n) is 4.99. The van der Waals surface area contributed by atoms with Gasteiger partial charge in [0.2, 0.25) is 0 Å². The van der Waals surface area contributed by atoms with Crippen LogP contribution in [0.25, 0.3) is 0 Å². The SMILES string of the molecule is Br.CCCCC(CCCC)(CCCC)CCCCCCCCCCCCCCCP. The summed E-state index contributed by atoms with van der Waals surface area (Å²) in [6.45, 7) is 7.11. The standard InChI is InChI=1S/C28H59P.BrH/c1-4-7-23-28(24-8-5-2,25-9-6-3)26-21-19-17-15-13-11-10-12-14-16-18-20-22-27-29;/h4-27,29H2,1-3H3;1H. The molecular formula is C28H60BrP. The number of hydrogen-bond acceptors (Lipinski definition) is 0. The van der Waals surface area contributed by atoms with Crippen molar-refractivity contribution in [2.24, 2.45) is 5.41 Å². The van der Waals surface area contributed by atoms with Crippen molar-refractivity contribution < 1.29 is 0 Å². The molecule has 0 aliphatic heterocycles. The minimum atomic E-state index is 0. The number of hydrogen-bond donors (Lipinski definition) is 0. The zero-order valence-corrected chi connectivity index (χ0v) is 24.3. The molecule has 0 saturated heterocycles. The molecule has 0 aromatic rings. The smallest absolute Gasteiger partial charge is 0.0297 e. The van der Waals surface area contributed by atoms with Crippen molar-refractivity contribution in [3.05, 3.63) is 0 Å². The lowest BCUT2D eigenvalue weighted by atomic mass is 9.71. The van der Waals surface area contributed by atoms with Gasteiger partial charge in [0.05, 0.1) is 0 Å². The highest BCUT2D eigenvalue weighted by atomic mass is 79.9. The van der Waals surface area contributed by atoms with E-state index in [4.69, 9.17) is 0 Å². The summed E-state index contributed by atoms with van der Waals surface area (Å²) >= 11 is 0. The van der Waals surface area contributed by atoms with Crippen LogP contribution in [0, 0.1) is 5.41 Å². The minimum absolute atomic E-state index is 0. The van der Waals surface area contributed by atoms with E-state index in [2.05, 4.69) is 30.0 Å². The van der Waals surface area contributed by atoms with Gasteiger partial charge in [0.1, 0.15) is 0 Å². The van der Waals surface area contributed by atoms with Crippen LogP contribution in [0.1, 0.15) is 168 Å². The molecule has 1 atom stereocenters. The summed E-state index contributed by atoms with van der Waals surface area (Å²) in [4.78, 5) is 0. The summed E-state index contributed by atoms with van der Waals surface area (Å²) in [6.07, 6.45) is 34.9. The van der Waals surface area contributed by atoms with Gasteiger partial charge in [0.15, 0.2) is 0 Å². The zero-order chi connectivity index (χ0) is 21.5. The Bertz CT molecular complexity index is 283. The third kappa shape index (κ3) is 20.8. The van der Waals surface area contributed by atoms with Crippen LogP contribution in [0.2, 0.25) is 0 Å². The van der Waals surface area contributed by atoms with Gasteiger partial charge in [-0.25, -0.2) is 0 Å². The van der Waals surface area contributed by atoms with Crippen LogP contribution in [0.3, 0.4) is 0 Å². The quantitative estimate of drug-likeness (QED) is 0.0900. The summed E-state index contributed by atoms with van der Waals surface area (Å²) in [5.41, 5.74) is 0.692. The molecule has 0 aliphatic carbocycles. The van der Waals surface area contributed by atoms with Crippen LogP contribution in [-0.4, -0.2) is 6.16 Å². The Hall–Kier alpha value is 0.910. The van der Waals surface area contributed by atoms with Gasteiger partial charge in [-0.15, -0.1) is 26.2 Å². The van der Waals surface area contributed by atoms with E-state index in [9.17, 15) is 0 Å². The number of rotatable bonds is 24. The van der Waals surface area contributed by atoms with Crippen LogP contribution >= 0.6 is 26.2 Å². The van der Waals surface area contributed by atoms with Crippen molar-refractivity contribution >= 4 is 26.2 Å². The molecule has 0 aromatic heterocycles. The molecule has 0 nitrogen and oxygen atoms in total. The van der Waals surface area contributed by atoms with E-state index in [1.807, 2.05) is 0 Å². The fourth-order valence-corrected chi connectivity index (χ4v) is 5.28. The Kier molecular flexibility index (Phi) is 28.9. The second-order valence-electron chi connectivity index (χ2n) is 9.95. The average molecular weight is 508 g/mol. The third-order valence-electron chi connectivity index (χ3n) is 7.09. The highest BCUT2D eigenvalue weighted by Gasteiger charge is 2.27. The molecule has 2 heteroatoms. The molecular weight excluding hydrogens is 447 g/mol. The van der Waals surface area contributed by atoms with Gasteiger partial charge >= 0.3 is 0 Å². The Labute approximate surface area is 205 Å². The van der Waals surface area contributed by atoms with Crippen molar-refractivity contribution in [2.75, 3.05) is 6.16 Å². The highest BCUT2D eigenvalue weighted by molar-refractivity contribution is 8.93. The summed E-state index contributed by atoms with van der Waals surface area (Å²) in [5, 5.41) is 0. The van der Waals surface area contributed by atoms with Crippen LogP contribution in [-0.2, 0) is 0 Å². The lowest BCUT2D eigenvalue weighted by molar-refractivity contribution is 0.175. The van der Waals surface area contributed by atoms with Crippen LogP contribution in [0.15, 0.2) is 0 Å². The van der Waals surface area contributed by atoms with Crippen molar-refractivity contribution in [3.8, 4) is 0 Å². The van der Waals surface area contributed by atoms with Gasteiger partial charge in [-0.05, 0) is 43.7 Å². The topological polar surface area (TPSA) is 0 Å². The first-order valence-electron chi connectivity index (χ1n) is 13.9. The predicted molar refractivity (Wildman–Crippen MR) is 151 cm³/mol. The monoisotopic (exact) mass is 506 g/mol. The molecule has 0 amide bonds. The molecule has 1 unspecified atom stereocenters. The minimum Gasteiger partial charge on any atom is -0.138 e. The van der Waals surface area contributed by atoms with Gasteiger partial charge in [0, 0.05) is 0 Å². The maximum absolute atomic E-state index is 2.85. The predicted octanol–water partition coefficient (Wildman–Crippen LogP) is 11.5. The van der Waals surface area contributed by atoms with Crippen LogP contribution < -0.4 is 0 Å². The van der Waals surface area contributed by atoms with Crippen LogP contribution in [0.4, 0.5) is 0 Å². The maximum atomic E-state index is 2.85. The van der Waals surface area contributed by atoms with Gasteiger partial charge in [-0.2, -0.15) is 0 Å². The lowest BCUT2D eigenvalue weighted by Crippen LogP contribution is -2.21. The van der Waals surface area contributed by atoms with Crippen molar-refractivity contribution in [1.29, 1.82) is 0 Å². The number of halogens is 1. The largest absolute Gasteiger partial charge is 0.138 e. The normalized spacial score (nSPS) is 11.6. The second-order valence-corrected chi connectivity index (χ2v) is 10.5. The Morgan fingerprint density at radius 2 is 0.667 bits per heavy atom. The summed E-state index contributed by atoms with van der Waals surface area (Å²) in [5.74, 6) is 0. The molecule has 0 rings (SSSR count). The first-order chi connectivity index (χ1) is 14.2. The van der Waals surface area contributed by atoms with E-state index in [0.29, 0.717) is 5.41 Å². The van der Waals surface area contributed by atoms with E-state index >= 15 is 0 Å². The molecule has 0 spiro atoms. The molecule has 0 aromatic carbocycles. The summed E-state index contributed by atoms with van der Waals surface area (Å²) in [7, 11) is 2.85. The van der Waals surface area contributed by atoms with E-state index in [-0.39, 0.29) is 17.0 Å². The van der Waals surface area contributed by atoms with E-state index in [1.54, 1.807) is 0 Å². The fraction of sp³-hybridized carbons (Fsp3) is 1.00. The highest BCUT2D eigenvalue weighted by Crippen LogP contribution is 2.41. The molecule has 0 aliphatic rings. The van der Waals surface area contributed by atoms with Gasteiger partial charge in [-0.1, -0.05) is 136 Å². The zero-order valence-electron chi connectivity index (χ0n) is 21.5. The first-order valence-corrected chi connectivity index (χ1v) is 14.8.